The number of imidazole rings is 1. The van der Waals surface area contributed by atoms with Gasteiger partial charge in [0.25, 0.3) is 0 Å². The van der Waals surface area contributed by atoms with Crippen LogP contribution in [-0.4, -0.2) is 35.1 Å². The van der Waals surface area contributed by atoms with Crippen molar-refractivity contribution in [2.45, 2.75) is 43.9 Å². The highest BCUT2D eigenvalue weighted by molar-refractivity contribution is 7.90. The molecule has 0 saturated heterocycles. The van der Waals surface area contributed by atoms with Gasteiger partial charge in [0.2, 0.25) is 5.91 Å². The van der Waals surface area contributed by atoms with E-state index in [1.54, 1.807) is 30.3 Å². The summed E-state index contributed by atoms with van der Waals surface area (Å²) in [5.74, 6) is 1.04. The number of aryl methyl sites for hydroxylation is 1. The Bertz CT molecular complexity index is 1740. The number of rotatable bonds is 7. The van der Waals surface area contributed by atoms with Crippen molar-refractivity contribution in [2.75, 3.05) is 11.6 Å². The van der Waals surface area contributed by atoms with Crippen molar-refractivity contribution >= 4 is 27.2 Å². The van der Waals surface area contributed by atoms with E-state index >= 15 is 0 Å². The number of hydrogen-bond donors (Lipinski definition) is 1. The molecule has 0 unspecified atom stereocenters. The summed E-state index contributed by atoms with van der Waals surface area (Å²) in [4.78, 5) is 17.3. The van der Waals surface area contributed by atoms with E-state index in [0.29, 0.717) is 23.6 Å². The van der Waals surface area contributed by atoms with Gasteiger partial charge in [-0.05, 0) is 47.4 Å². The van der Waals surface area contributed by atoms with Crippen molar-refractivity contribution < 1.29 is 17.7 Å². The largest absolute Gasteiger partial charge is 0.359 e. The number of fused-ring (bicyclic) bond motifs is 1. The zero-order valence-electron chi connectivity index (χ0n) is 22.3. The number of anilines is 1. The fraction of sp³-hybridized carbons (Fsp3) is 0.233. The number of pyridine rings is 1. The number of aromatic nitrogens is 3. The van der Waals surface area contributed by atoms with Crippen LogP contribution >= 0.6 is 0 Å². The minimum absolute atomic E-state index is 0.114. The molecule has 39 heavy (non-hydrogen) atoms. The third-order valence-corrected chi connectivity index (χ3v) is 7.66. The highest BCUT2D eigenvalue weighted by atomic mass is 32.2. The predicted octanol–water partition coefficient (Wildman–Crippen LogP) is 5.93. The van der Waals surface area contributed by atoms with Crippen molar-refractivity contribution in [3.63, 3.8) is 0 Å². The Kier molecular flexibility index (Phi) is 6.86. The maximum absolute atomic E-state index is 12.4. The number of benzene rings is 2. The topological polar surface area (TPSA) is 107 Å². The minimum Gasteiger partial charge on any atom is -0.359 e. The molecule has 9 heteroatoms. The van der Waals surface area contributed by atoms with E-state index in [0.717, 1.165) is 39.4 Å². The number of hydrogen-bond acceptors (Lipinski definition) is 6. The van der Waals surface area contributed by atoms with Gasteiger partial charge in [-0.25, -0.2) is 13.4 Å². The number of amides is 1. The standard InChI is InChI=1S/C30H30N4O4S/c1-30(2,3)26-18-27(33-38-26)32-29(35)14-7-20-5-8-22(9-6-20)25-19-31-28-17-23(15-16-34(25)28)21-10-12-24(13-11-21)39(4,36)37/h5-6,8-13,15-19H,7,14H2,1-4H3,(H,32,33,35). The summed E-state index contributed by atoms with van der Waals surface area (Å²) in [5, 5.41) is 6.74. The number of carbonyl (C=O) groups is 1. The molecule has 5 aromatic rings. The zero-order valence-corrected chi connectivity index (χ0v) is 23.1. The average Bonchev–Trinajstić information content (AvgIpc) is 3.54. The summed E-state index contributed by atoms with van der Waals surface area (Å²) in [5.41, 5.74) is 5.51. The molecule has 0 aliphatic carbocycles. The Morgan fingerprint density at radius 3 is 2.28 bits per heavy atom. The van der Waals surface area contributed by atoms with Crippen molar-refractivity contribution in [3.8, 4) is 22.4 Å². The van der Waals surface area contributed by atoms with Gasteiger partial charge < -0.3 is 9.84 Å². The van der Waals surface area contributed by atoms with Crippen molar-refractivity contribution in [3.05, 3.63) is 90.4 Å². The fourth-order valence-electron chi connectivity index (χ4n) is 4.26. The van der Waals surface area contributed by atoms with Gasteiger partial charge in [0.15, 0.2) is 15.7 Å². The highest BCUT2D eigenvalue weighted by Gasteiger charge is 2.20. The summed E-state index contributed by atoms with van der Waals surface area (Å²) >= 11 is 0. The van der Waals surface area contributed by atoms with Crippen LogP contribution in [0.5, 0.6) is 0 Å². The van der Waals surface area contributed by atoms with Crippen LogP contribution in [0.4, 0.5) is 5.82 Å². The molecule has 1 amide bonds. The van der Waals surface area contributed by atoms with E-state index in [2.05, 4.69) is 15.5 Å². The van der Waals surface area contributed by atoms with E-state index in [4.69, 9.17) is 4.52 Å². The van der Waals surface area contributed by atoms with E-state index < -0.39 is 9.84 Å². The molecule has 2 aromatic carbocycles. The van der Waals surface area contributed by atoms with Gasteiger partial charge >= 0.3 is 0 Å². The first kappa shape index (κ1) is 26.4. The lowest BCUT2D eigenvalue weighted by Crippen LogP contribution is -2.13. The van der Waals surface area contributed by atoms with E-state index in [9.17, 15) is 13.2 Å². The van der Waals surface area contributed by atoms with Crippen molar-refractivity contribution in [1.82, 2.24) is 14.5 Å². The molecule has 0 saturated carbocycles. The Balaban J connectivity index is 1.24. The van der Waals surface area contributed by atoms with Gasteiger partial charge in [0.1, 0.15) is 11.4 Å². The normalized spacial score (nSPS) is 12.1. The molecule has 0 fully saturated rings. The van der Waals surface area contributed by atoms with Gasteiger partial charge in [0.05, 0.1) is 16.8 Å². The molecule has 0 radical (unpaired) electrons. The van der Waals surface area contributed by atoms with Gasteiger partial charge in [-0.3, -0.25) is 9.20 Å². The fourth-order valence-corrected chi connectivity index (χ4v) is 4.89. The highest BCUT2D eigenvalue weighted by Crippen LogP contribution is 2.27. The first-order chi connectivity index (χ1) is 18.5. The Morgan fingerprint density at radius 1 is 0.949 bits per heavy atom. The molecule has 8 nitrogen and oxygen atoms in total. The first-order valence-corrected chi connectivity index (χ1v) is 14.5. The third-order valence-electron chi connectivity index (χ3n) is 6.54. The molecule has 5 rings (SSSR count). The summed E-state index contributed by atoms with van der Waals surface area (Å²) in [6.07, 6.45) is 5.93. The van der Waals surface area contributed by atoms with Crippen molar-refractivity contribution in [1.29, 1.82) is 0 Å². The van der Waals surface area contributed by atoms with Gasteiger partial charge in [0, 0.05) is 35.9 Å². The summed E-state index contributed by atoms with van der Waals surface area (Å²) in [6, 6.07) is 20.7. The Morgan fingerprint density at radius 2 is 1.64 bits per heavy atom. The van der Waals surface area contributed by atoms with Gasteiger partial charge in [-0.1, -0.05) is 62.3 Å². The summed E-state index contributed by atoms with van der Waals surface area (Å²) < 4.78 is 30.8. The molecule has 200 valence electrons. The van der Waals surface area contributed by atoms with Crippen LogP contribution in [-0.2, 0) is 26.5 Å². The summed E-state index contributed by atoms with van der Waals surface area (Å²) in [7, 11) is -3.23. The number of sulfone groups is 1. The van der Waals surface area contributed by atoms with Crippen LogP contribution in [0.3, 0.4) is 0 Å². The number of carbonyl (C=O) groups excluding carboxylic acids is 1. The molecule has 3 aromatic heterocycles. The Hall–Kier alpha value is -4.24. The maximum Gasteiger partial charge on any atom is 0.225 e. The second kappa shape index (κ2) is 10.1. The van der Waals surface area contributed by atoms with Crippen LogP contribution in [0, 0.1) is 0 Å². The van der Waals surface area contributed by atoms with Crippen LogP contribution in [0.2, 0.25) is 0 Å². The van der Waals surface area contributed by atoms with Gasteiger partial charge in [-0.15, -0.1) is 0 Å². The molecule has 0 spiro atoms. The second-order valence-corrected chi connectivity index (χ2v) is 12.7. The molecule has 3 heterocycles. The monoisotopic (exact) mass is 542 g/mol. The van der Waals surface area contributed by atoms with E-state index in [1.807, 2.05) is 74.0 Å². The first-order valence-electron chi connectivity index (χ1n) is 12.6. The zero-order chi connectivity index (χ0) is 27.8. The smallest absolute Gasteiger partial charge is 0.225 e. The van der Waals surface area contributed by atoms with Crippen LogP contribution in [0.15, 0.2) is 88.5 Å². The molecule has 0 aliphatic rings. The lowest BCUT2D eigenvalue weighted by Gasteiger charge is -2.12. The summed E-state index contributed by atoms with van der Waals surface area (Å²) in [6.45, 7) is 6.07. The van der Waals surface area contributed by atoms with Gasteiger partial charge in [-0.2, -0.15) is 0 Å². The second-order valence-electron chi connectivity index (χ2n) is 10.7. The molecular weight excluding hydrogens is 512 g/mol. The lowest BCUT2D eigenvalue weighted by atomic mass is 9.93. The molecule has 1 N–H and O–H groups in total. The quantitative estimate of drug-likeness (QED) is 0.273. The van der Waals surface area contributed by atoms with E-state index in [1.165, 1.54) is 6.26 Å². The number of nitrogens with one attached hydrogen (secondary N) is 1. The minimum atomic E-state index is -3.23. The average molecular weight is 543 g/mol. The Labute approximate surface area is 227 Å². The van der Waals surface area contributed by atoms with Crippen LogP contribution in [0.25, 0.3) is 28.0 Å². The number of nitrogens with zero attached hydrogens (tertiary/aromatic N) is 3. The molecular formula is C30H30N4O4S. The maximum atomic E-state index is 12.4. The SMILES string of the molecule is CC(C)(C)c1cc(NC(=O)CCc2ccc(-c3cnc4cc(-c5ccc(S(C)(=O)=O)cc5)ccn34)cc2)no1. The molecule has 0 bridgehead atoms. The third kappa shape index (κ3) is 5.93. The molecule has 0 atom stereocenters. The van der Waals surface area contributed by atoms with Crippen LogP contribution in [0.1, 0.15) is 38.5 Å². The van der Waals surface area contributed by atoms with Crippen LogP contribution < -0.4 is 5.32 Å². The van der Waals surface area contributed by atoms with E-state index in [-0.39, 0.29) is 11.3 Å². The predicted molar refractivity (Wildman–Crippen MR) is 151 cm³/mol. The molecule has 0 aliphatic heterocycles. The lowest BCUT2D eigenvalue weighted by molar-refractivity contribution is -0.116. The van der Waals surface area contributed by atoms with Crippen molar-refractivity contribution in [2.24, 2.45) is 0 Å².